The second kappa shape index (κ2) is 6.55. The Balaban J connectivity index is 2.13. The van der Waals surface area contributed by atoms with E-state index in [0.717, 1.165) is 18.4 Å². The molecule has 1 aliphatic rings. The van der Waals surface area contributed by atoms with Gasteiger partial charge in [0.05, 0.1) is 0 Å². The van der Waals surface area contributed by atoms with Gasteiger partial charge in [-0.3, -0.25) is 9.59 Å². The lowest BCUT2D eigenvalue weighted by atomic mass is 9.98. The summed E-state index contributed by atoms with van der Waals surface area (Å²) in [6, 6.07) is 9.06. The first-order chi connectivity index (χ1) is 9.67. The van der Waals surface area contributed by atoms with Crippen LogP contribution in [0.3, 0.4) is 0 Å². The zero-order chi connectivity index (χ0) is 14.5. The number of nitrogens with one attached hydrogen (secondary N) is 1. The van der Waals surface area contributed by atoms with Gasteiger partial charge < -0.3 is 10.2 Å². The van der Waals surface area contributed by atoms with Crippen molar-refractivity contribution >= 4 is 11.8 Å². The SMILES string of the molecule is CCCC1C(=O)NC(Cc2ccccc2)C(=O)N1CC. The first kappa shape index (κ1) is 14.6. The van der Waals surface area contributed by atoms with Gasteiger partial charge in [0.25, 0.3) is 0 Å². The normalized spacial score (nSPS) is 22.8. The highest BCUT2D eigenvalue weighted by molar-refractivity contribution is 5.97. The molecule has 0 radical (unpaired) electrons. The van der Waals surface area contributed by atoms with Crippen LogP contribution in [0.15, 0.2) is 30.3 Å². The standard InChI is InChI=1S/C16H22N2O2/c1-3-8-14-15(19)17-13(16(20)18(14)4-2)11-12-9-6-5-7-10-12/h5-7,9-10,13-14H,3-4,8,11H2,1-2H3,(H,17,19). The van der Waals surface area contributed by atoms with Gasteiger partial charge in [-0.05, 0) is 18.9 Å². The number of carbonyl (C=O) groups is 2. The van der Waals surface area contributed by atoms with Crippen molar-refractivity contribution in [1.82, 2.24) is 10.2 Å². The predicted octanol–water partition coefficient (Wildman–Crippen LogP) is 1.74. The van der Waals surface area contributed by atoms with Gasteiger partial charge >= 0.3 is 0 Å². The van der Waals surface area contributed by atoms with Crippen LogP contribution in [0.4, 0.5) is 0 Å². The van der Waals surface area contributed by atoms with Crippen LogP contribution in [-0.4, -0.2) is 35.3 Å². The maximum absolute atomic E-state index is 12.5. The van der Waals surface area contributed by atoms with Crippen molar-refractivity contribution in [1.29, 1.82) is 0 Å². The molecule has 2 unspecified atom stereocenters. The Morgan fingerprint density at radius 1 is 1.15 bits per heavy atom. The van der Waals surface area contributed by atoms with E-state index in [-0.39, 0.29) is 17.9 Å². The van der Waals surface area contributed by atoms with E-state index in [1.165, 1.54) is 0 Å². The highest BCUT2D eigenvalue weighted by atomic mass is 16.2. The maximum atomic E-state index is 12.5. The summed E-state index contributed by atoms with van der Waals surface area (Å²) < 4.78 is 0. The Morgan fingerprint density at radius 3 is 2.45 bits per heavy atom. The molecule has 2 rings (SSSR count). The van der Waals surface area contributed by atoms with E-state index in [0.29, 0.717) is 13.0 Å². The fraction of sp³-hybridized carbons (Fsp3) is 0.500. The predicted molar refractivity (Wildman–Crippen MR) is 78.2 cm³/mol. The zero-order valence-electron chi connectivity index (χ0n) is 12.1. The molecule has 20 heavy (non-hydrogen) atoms. The average molecular weight is 274 g/mol. The van der Waals surface area contributed by atoms with E-state index < -0.39 is 6.04 Å². The first-order valence-electron chi connectivity index (χ1n) is 7.32. The van der Waals surface area contributed by atoms with Crippen LogP contribution in [0.1, 0.15) is 32.3 Å². The molecule has 1 heterocycles. The molecule has 0 saturated carbocycles. The quantitative estimate of drug-likeness (QED) is 0.889. The largest absolute Gasteiger partial charge is 0.342 e. The van der Waals surface area contributed by atoms with Crippen LogP contribution in [0.2, 0.25) is 0 Å². The minimum atomic E-state index is -0.432. The highest BCUT2D eigenvalue weighted by Gasteiger charge is 2.38. The van der Waals surface area contributed by atoms with Crippen molar-refractivity contribution in [3.05, 3.63) is 35.9 Å². The van der Waals surface area contributed by atoms with Crippen molar-refractivity contribution in [2.75, 3.05) is 6.54 Å². The Hall–Kier alpha value is -1.84. The topological polar surface area (TPSA) is 49.4 Å². The number of rotatable bonds is 5. The molecule has 1 aromatic carbocycles. The van der Waals surface area contributed by atoms with Crippen LogP contribution >= 0.6 is 0 Å². The Labute approximate surface area is 120 Å². The van der Waals surface area contributed by atoms with Gasteiger partial charge in [-0.15, -0.1) is 0 Å². The average Bonchev–Trinajstić information content (AvgIpc) is 2.46. The Kier molecular flexibility index (Phi) is 4.77. The summed E-state index contributed by atoms with van der Waals surface area (Å²) >= 11 is 0. The molecule has 0 aromatic heterocycles. The Bertz CT molecular complexity index is 473. The van der Waals surface area contributed by atoms with Crippen molar-refractivity contribution in [3.63, 3.8) is 0 Å². The lowest BCUT2D eigenvalue weighted by Crippen LogP contribution is -2.63. The number of amides is 2. The third-order valence-corrected chi connectivity index (χ3v) is 3.76. The minimum Gasteiger partial charge on any atom is -0.342 e. The van der Waals surface area contributed by atoms with E-state index >= 15 is 0 Å². The maximum Gasteiger partial charge on any atom is 0.246 e. The van der Waals surface area contributed by atoms with Gasteiger partial charge in [0.2, 0.25) is 11.8 Å². The molecular weight excluding hydrogens is 252 g/mol. The molecule has 1 aliphatic heterocycles. The second-order valence-electron chi connectivity index (χ2n) is 5.18. The monoisotopic (exact) mass is 274 g/mol. The second-order valence-corrected chi connectivity index (χ2v) is 5.18. The molecule has 1 saturated heterocycles. The lowest BCUT2D eigenvalue weighted by Gasteiger charge is -2.38. The van der Waals surface area contributed by atoms with E-state index in [9.17, 15) is 9.59 Å². The number of nitrogens with zero attached hydrogens (tertiary/aromatic N) is 1. The summed E-state index contributed by atoms with van der Waals surface area (Å²) in [6.45, 7) is 4.54. The Morgan fingerprint density at radius 2 is 1.85 bits per heavy atom. The number of carbonyl (C=O) groups excluding carboxylic acids is 2. The summed E-state index contributed by atoms with van der Waals surface area (Å²) in [5.41, 5.74) is 1.07. The molecule has 4 nitrogen and oxygen atoms in total. The summed E-state index contributed by atoms with van der Waals surface area (Å²) in [4.78, 5) is 26.4. The van der Waals surface area contributed by atoms with E-state index in [1.807, 2.05) is 44.2 Å². The number of benzene rings is 1. The lowest BCUT2D eigenvalue weighted by molar-refractivity contribution is -0.149. The van der Waals surface area contributed by atoms with Crippen LogP contribution in [0.5, 0.6) is 0 Å². The van der Waals surface area contributed by atoms with E-state index in [4.69, 9.17) is 0 Å². The van der Waals surface area contributed by atoms with E-state index in [1.54, 1.807) is 4.90 Å². The molecule has 2 atom stereocenters. The van der Waals surface area contributed by atoms with Gasteiger partial charge in [0.15, 0.2) is 0 Å². The number of hydrogen-bond acceptors (Lipinski definition) is 2. The zero-order valence-corrected chi connectivity index (χ0v) is 12.1. The molecule has 2 amide bonds. The fourth-order valence-electron chi connectivity index (χ4n) is 2.75. The molecule has 1 aromatic rings. The molecule has 0 bridgehead atoms. The van der Waals surface area contributed by atoms with Gasteiger partial charge in [-0.1, -0.05) is 43.7 Å². The first-order valence-corrected chi connectivity index (χ1v) is 7.32. The molecule has 0 spiro atoms. The number of piperazine rings is 1. The molecular formula is C16H22N2O2. The van der Waals surface area contributed by atoms with Crippen LogP contribution in [0, 0.1) is 0 Å². The van der Waals surface area contributed by atoms with Crippen LogP contribution < -0.4 is 5.32 Å². The van der Waals surface area contributed by atoms with Crippen molar-refractivity contribution in [2.45, 2.75) is 45.2 Å². The summed E-state index contributed by atoms with van der Waals surface area (Å²) in [7, 11) is 0. The van der Waals surface area contributed by atoms with Crippen molar-refractivity contribution < 1.29 is 9.59 Å². The fourth-order valence-corrected chi connectivity index (χ4v) is 2.75. The third kappa shape index (κ3) is 3.00. The van der Waals surface area contributed by atoms with Gasteiger partial charge in [0.1, 0.15) is 12.1 Å². The summed E-state index contributed by atoms with van der Waals surface area (Å²) in [6.07, 6.45) is 2.18. The summed E-state index contributed by atoms with van der Waals surface area (Å²) in [5.74, 6) is 0.0173. The van der Waals surface area contributed by atoms with Gasteiger partial charge in [0, 0.05) is 13.0 Å². The minimum absolute atomic E-state index is 0.0192. The molecule has 1 N–H and O–H groups in total. The molecule has 4 heteroatoms. The van der Waals surface area contributed by atoms with Crippen LogP contribution in [0.25, 0.3) is 0 Å². The third-order valence-electron chi connectivity index (χ3n) is 3.76. The number of likely N-dealkylation sites (N-methyl/N-ethyl adjacent to an activating group) is 1. The van der Waals surface area contributed by atoms with E-state index in [2.05, 4.69) is 5.32 Å². The smallest absolute Gasteiger partial charge is 0.246 e. The highest BCUT2D eigenvalue weighted by Crippen LogP contribution is 2.17. The van der Waals surface area contributed by atoms with Gasteiger partial charge in [-0.2, -0.15) is 0 Å². The van der Waals surface area contributed by atoms with Crippen molar-refractivity contribution in [3.8, 4) is 0 Å². The number of hydrogen-bond donors (Lipinski definition) is 1. The molecule has 0 aliphatic carbocycles. The molecule has 1 fully saturated rings. The van der Waals surface area contributed by atoms with Gasteiger partial charge in [-0.25, -0.2) is 0 Å². The van der Waals surface area contributed by atoms with Crippen molar-refractivity contribution in [2.24, 2.45) is 0 Å². The molecule has 108 valence electrons. The summed E-state index contributed by atoms with van der Waals surface area (Å²) in [5, 5.41) is 2.88. The van der Waals surface area contributed by atoms with Crippen LogP contribution in [-0.2, 0) is 16.0 Å².